The molecule has 22 heavy (non-hydrogen) atoms. The molecule has 6 heteroatoms. The molecule has 2 aromatic carbocycles. The van der Waals surface area contributed by atoms with Crippen molar-refractivity contribution in [3.05, 3.63) is 58.9 Å². The van der Waals surface area contributed by atoms with Crippen LogP contribution in [0.15, 0.2) is 53.3 Å². The van der Waals surface area contributed by atoms with Gasteiger partial charge < -0.3 is 9.84 Å². The van der Waals surface area contributed by atoms with E-state index in [1.54, 1.807) is 28.2 Å². The number of carboxylic acids is 1. The maximum absolute atomic E-state index is 12.3. The predicted octanol–water partition coefficient (Wildman–Crippen LogP) is 2.91. The highest BCUT2D eigenvalue weighted by molar-refractivity contribution is 7.14. The Morgan fingerprint density at radius 1 is 1.14 bits per heavy atom. The summed E-state index contributed by atoms with van der Waals surface area (Å²) in [4.78, 5) is 22.8. The second-order valence-corrected chi connectivity index (χ2v) is 5.66. The van der Waals surface area contributed by atoms with Gasteiger partial charge in [-0.2, -0.15) is 0 Å². The molecule has 1 N–H and O–H groups in total. The Morgan fingerprint density at radius 3 is 2.55 bits per heavy atom. The Kier molecular flexibility index (Phi) is 3.93. The van der Waals surface area contributed by atoms with Crippen LogP contribution in [0.25, 0.3) is 15.8 Å². The quantitative estimate of drug-likeness (QED) is 0.786. The lowest BCUT2D eigenvalue weighted by molar-refractivity contribution is -0.137. The van der Waals surface area contributed by atoms with Crippen LogP contribution in [0.1, 0.15) is 6.42 Å². The first-order valence-corrected chi connectivity index (χ1v) is 7.48. The van der Waals surface area contributed by atoms with E-state index in [0.717, 1.165) is 10.4 Å². The van der Waals surface area contributed by atoms with E-state index in [1.165, 1.54) is 11.5 Å². The lowest BCUT2D eigenvalue weighted by atomic mass is 10.3. The molecule has 0 atom stereocenters. The molecule has 0 spiro atoms. The van der Waals surface area contributed by atoms with Crippen molar-refractivity contribution in [1.29, 1.82) is 0 Å². The van der Waals surface area contributed by atoms with E-state index in [2.05, 4.69) is 0 Å². The molecule has 0 saturated carbocycles. The van der Waals surface area contributed by atoms with Crippen LogP contribution < -0.4 is 10.3 Å². The SMILES string of the molecule is O=C(O)CCOc1ccc(-n2sc3ccccc3c2=O)cc1. The average molecular weight is 315 g/mol. The number of ether oxygens (including phenoxy) is 1. The molecule has 0 aliphatic carbocycles. The van der Waals surface area contributed by atoms with Crippen molar-refractivity contribution in [2.45, 2.75) is 6.42 Å². The summed E-state index contributed by atoms with van der Waals surface area (Å²) in [5, 5.41) is 9.27. The minimum absolute atomic E-state index is 0.0415. The summed E-state index contributed by atoms with van der Waals surface area (Å²) in [6.07, 6.45) is -0.0441. The Bertz CT molecular complexity index is 864. The average Bonchev–Trinajstić information content (AvgIpc) is 2.85. The number of aromatic nitrogens is 1. The summed E-state index contributed by atoms with van der Waals surface area (Å²) in [5.41, 5.74) is 0.719. The number of carbonyl (C=O) groups is 1. The number of benzene rings is 2. The summed E-state index contributed by atoms with van der Waals surface area (Å²) in [6.45, 7) is 0.123. The van der Waals surface area contributed by atoms with Crippen molar-refractivity contribution in [3.63, 3.8) is 0 Å². The molecule has 5 nitrogen and oxygen atoms in total. The molecule has 0 saturated heterocycles. The maximum Gasteiger partial charge on any atom is 0.306 e. The summed E-state index contributed by atoms with van der Waals surface area (Å²) in [5.74, 6) is -0.312. The topological polar surface area (TPSA) is 68.5 Å². The first-order chi connectivity index (χ1) is 10.6. The number of hydrogen-bond donors (Lipinski definition) is 1. The molecule has 1 aromatic heterocycles. The highest BCUT2D eigenvalue weighted by atomic mass is 32.1. The minimum atomic E-state index is -0.895. The number of carboxylic acid groups (broad SMARTS) is 1. The van der Waals surface area contributed by atoms with Gasteiger partial charge in [-0.1, -0.05) is 23.7 Å². The normalized spacial score (nSPS) is 10.7. The standard InChI is InChI=1S/C16H13NO4S/c18-15(19)9-10-21-12-7-5-11(6-8-12)17-16(20)13-3-1-2-4-14(13)22-17/h1-8H,9-10H2,(H,18,19). The van der Waals surface area contributed by atoms with Gasteiger partial charge in [-0.25, -0.2) is 3.96 Å². The fourth-order valence-electron chi connectivity index (χ4n) is 2.08. The second kappa shape index (κ2) is 6.03. The molecule has 0 aliphatic heterocycles. The number of aliphatic carboxylic acids is 1. The highest BCUT2D eigenvalue weighted by Gasteiger charge is 2.08. The van der Waals surface area contributed by atoms with E-state index >= 15 is 0 Å². The zero-order valence-corrected chi connectivity index (χ0v) is 12.4. The van der Waals surface area contributed by atoms with Gasteiger partial charge in [0.2, 0.25) is 0 Å². The van der Waals surface area contributed by atoms with Gasteiger partial charge in [-0.3, -0.25) is 9.59 Å². The fourth-order valence-corrected chi connectivity index (χ4v) is 3.07. The van der Waals surface area contributed by atoms with Crippen molar-refractivity contribution >= 4 is 27.6 Å². The minimum Gasteiger partial charge on any atom is -0.493 e. The van der Waals surface area contributed by atoms with Gasteiger partial charge in [0.05, 0.1) is 28.8 Å². The van der Waals surface area contributed by atoms with E-state index in [0.29, 0.717) is 11.1 Å². The van der Waals surface area contributed by atoms with Crippen LogP contribution in [0, 0.1) is 0 Å². The number of hydrogen-bond acceptors (Lipinski definition) is 4. The molecule has 0 amide bonds. The fraction of sp³-hybridized carbons (Fsp3) is 0.125. The lowest BCUT2D eigenvalue weighted by Crippen LogP contribution is -2.10. The van der Waals surface area contributed by atoms with Gasteiger partial charge >= 0.3 is 5.97 Å². The number of fused-ring (bicyclic) bond motifs is 1. The third kappa shape index (κ3) is 2.87. The van der Waals surface area contributed by atoms with Crippen LogP contribution in [0.4, 0.5) is 0 Å². The molecular weight excluding hydrogens is 302 g/mol. The van der Waals surface area contributed by atoms with Crippen LogP contribution in [0.2, 0.25) is 0 Å². The van der Waals surface area contributed by atoms with Crippen LogP contribution in [-0.4, -0.2) is 21.6 Å². The summed E-state index contributed by atoms with van der Waals surface area (Å²) in [6, 6.07) is 14.5. The van der Waals surface area contributed by atoms with Crippen molar-refractivity contribution in [2.24, 2.45) is 0 Å². The molecule has 0 bridgehead atoms. The Labute approximate surface area is 130 Å². The Balaban J connectivity index is 1.84. The van der Waals surface area contributed by atoms with Crippen LogP contribution in [0.3, 0.4) is 0 Å². The molecule has 1 heterocycles. The van der Waals surface area contributed by atoms with Crippen LogP contribution in [0.5, 0.6) is 5.75 Å². The monoisotopic (exact) mass is 315 g/mol. The molecular formula is C16H13NO4S. The molecule has 0 unspecified atom stereocenters. The number of rotatable bonds is 5. The second-order valence-electron chi connectivity index (χ2n) is 4.67. The van der Waals surface area contributed by atoms with E-state index in [-0.39, 0.29) is 18.6 Å². The van der Waals surface area contributed by atoms with Gasteiger partial charge in [-0.15, -0.1) is 0 Å². The van der Waals surface area contributed by atoms with Crippen molar-refractivity contribution in [2.75, 3.05) is 6.61 Å². The molecule has 112 valence electrons. The summed E-state index contributed by atoms with van der Waals surface area (Å²) >= 11 is 1.39. The van der Waals surface area contributed by atoms with Crippen LogP contribution >= 0.6 is 11.5 Å². The zero-order valence-electron chi connectivity index (χ0n) is 11.6. The zero-order chi connectivity index (χ0) is 15.5. The van der Waals surface area contributed by atoms with Gasteiger partial charge in [0, 0.05) is 0 Å². The van der Waals surface area contributed by atoms with Gasteiger partial charge in [0.25, 0.3) is 5.56 Å². The smallest absolute Gasteiger partial charge is 0.306 e. The molecule has 3 aromatic rings. The molecule has 0 fully saturated rings. The van der Waals surface area contributed by atoms with Gasteiger partial charge in [0.1, 0.15) is 5.75 Å². The first-order valence-electron chi connectivity index (χ1n) is 6.71. The molecule has 0 radical (unpaired) electrons. The van der Waals surface area contributed by atoms with Crippen molar-refractivity contribution < 1.29 is 14.6 Å². The van der Waals surface area contributed by atoms with E-state index in [1.807, 2.05) is 24.3 Å². The molecule has 3 rings (SSSR count). The van der Waals surface area contributed by atoms with Crippen molar-refractivity contribution in [3.8, 4) is 11.4 Å². The van der Waals surface area contributed by atoms with Crippen molar-refractivity contribution in [1.82, 2.24) is 3.96 Å². The largest absolute Gasteiger partial charge is 0.493 e. The van der Waals surface area contributed by atoms with E-state index in [4.69, 9.17) is 9.84 Å². The van der Waals surface area contributed by atoms with Crippen LogP contribution in [-0.2, 0) is 4.79 Å². The third-order valence-corrected chi connectivity index (χ3v) is 4.26. The summed E-state index contributed by atoms with van der Waals surface area (Å²) < 4.78 is 7.90. The lowest BCUT2D eigenvalue weighted by Gasteiger charge is -2.05. The highest BCUT2D eigenvalue weighted by Crippen LogP contribution is 2.21. The predicted molar refractivity (Wildman–Crippen MR) is 85.2 cm³/mol. The molecule has 0 aliphatic rings. The van der Waals surface area contributed by atoms with Gasteiger partial charge in [-0.05, 0) is 36.4 Å². The van der Waals surface area contributed by atoms with E-state index < -0.39 is 5.97 Å². The third-order valence-electron chi connectivity index (χ3n) is 3.15. The summed E-state index contributed by atoms with van der Waals surface area (Å²) in [7, 11) is 0. The van der Waals surface area contributed by atoms with E-state index in [9.17, 15) is 9.59 Å². The first kappa shape index (κ1) is 14.3. The number of nitrogens with zero attached hydrogens (tertiary/aromatic N) is 1. The Hall–Kier alpha value is -2.60. The van der Waals surface area contributed by atoms with Gasteiger partial charge in [0.15, 0.2) is 0 Å². The maximum atomic E-state index is 12.3. The Morgan fingerprint density at radius 2 is 1.86 bits per heavy atom.